The minimum Gasteiger partial charge on any atom is -0.507 e. The number of benzene rings is 1. The molecule has 0 fully saturated rings. The van der Waals surface area contributed by atoms with E-state index in [0.717, 1.165) is 0 Å². The largest absolute Gasteiger partial charge is 0.507 e. The highest BCUT2D eigenvalue weighted by molar-refractivity contribution is 5.96. The molecule has 0 heterocycles. The summed E-state index contributed by atoms with van der Waals surface area (Å²) < 4.78 is 0. The standard InChI is InChI=1S/C10H13NO2/c1-7-5-4-6-8(9(7)12)10(13)11(2)3/h4-6,12H,1-3H3. The number of phenolic OH excluding ortho intramolecular Hbond substituents is 1. The van der Waals surface area contributed by atoms with Gasteiger partial charge in [0.1, 0.15) is 5.75 Å². The van der Waals surface area contributed by atoms with Gasteiger partial charge in [-0.05, 0) is 18.6 Å². The lowest BCUT2D eigenvalue weighted by atomic mass is 10.1. The minimum absolute atomic E-state index is 0.0706. The first-order chi connectivity index (χ1) is 6.04. The fraction of sp³-hybridized carbons (Fsp3) is 0.300. The summed E-state index contributed by atoms with van der Waals surface area (Å²) in [4.78, 5) is 12.9. The molecule has 1 aromatic rings. The number of amides is 1. The van der Waals surface area contributed by atoms with E-state index in [4.69, 9.17) is 0 Å². The minimum atomic E-state index is -0.179. The van der Waals surface area contributed by atoms with Gasteiger partial charge >= 0.3 is 0 Å². The number of nitrogens with zero attached hydrogens (tertiary/aromatic N) is 1. The molecule has 1 amide bonds. The smallest absolute Gasteiger partial charge is 0.257 e. The van der Waals surface area contributed by atoms with Gasteiger partial charge in [-0.1, -0.05) is 12.1 Å². The Labute approximate surface area is 77.6 Å². The predicted octanol–water partition coefficient (Wildman–Crippen LogP) is 1.40. The average molecular weight is 179 g/mol. The molecule has 0 spiro atoms. The van der Waals surface area contributed by atoms with E-state index < -0.39 is 0 Å². The Hall–Kier alpha value is -1.51. The van der Waals surface area contributed by atoms with Gasteiger partial charge in [0.15, 0.2) is 0 Å². The lowest BCUT2D eigenvalue weighted by Crippen LogP contribution is -2.21. The van der Waals surface area contributed by atoms with Crippen molar-refractivity contribution in [3.63, 3.8) is 0 Å². The quantitative estimate of drug-likeness (QED) is 0.708. The van der Waals surface area contributed by atoms with Gasteiger partial charge in [0.25, 0.3) is 5.91 Å². The maximum atomic E-state index is 11.5. The summed E-state index contributed by atoms with van der Waals surface area (Å²) in [5.74, 6) is -0.109. The number of para-hydroxylation sites is 1. The van der Waals surface area contributed by atoms with Gasteiger partial charge in [-0.2, -0.15) is 0 Å². The molecule has 0 aliphatic rings. The fourth-order valence-corrected chi connectivity index (χ4v) is 1.07. The van der Waals surface area contributed by atoms with Crippen LogP contribution in [0.5, 0.6) is 5.75 Å². The van der Waals surface area contributed by atoms with Gasteiger partial charge in [-0.3, -0.25) is 4.79 Å². The zero-order valence-corrected chi connectivity index (χ0v) is 8.03. The van der Waals surface area contributed by atoms with E-state index in [1.165, 1.54) is 4.90 Å². The van der Waals surface area contributed by atoms with E-state index in [1.807, 2.05) is 0 Å². The Morgan fingerprint density at radius 2 is 2.00 bits per heavy atom. The van der Waals surface area contributed by atoms with Crippen LogP contribution in [0.2, 0.25) is 0 Å². The lowest BCUT2D eigenvalue weighted by molar-refractivity contribution is 0.0824. The fourth-order valence-electron chi connectivity index (χ4n) is 1.07. The third-order valence-electron chi connectivity index (χ3n) is 1.87. The van der Waals surface area contributed by atoms with E-state index in [9.17, 15) is 9.90 Å². The van der Waals surface area contributed by atoms with Crippen molar-refractivity contribution in [2.24, 2.45) is 0 Å². The second-order valence-electron chi connectivity index (χ2n) is 3.17. The first-order valence-electron chi connectivity index (χ1n) is 4.04. The molecule has 0 saturated heterocycles. The summed E-state index contributed by atoms with van der Waals surface area (Å²) in [5, 5.41) is 9.57. The number of aryl methyl sites for hydroxylation is 1. The first-order valence-corrected chi connectivity index (χ1v) is 4.04. The van der Waals surface area contributed by atoms with Crippen LogP contribution in [-0.2, 0) is 0 Å². The average Bonchev–Trinajstić information content (AvgIpc) is 2.08. The number of carbonyl (C=O) groups is 1. The molecule has 0 atom stereocenters. The molecule has 0 aromatic heterocycles. The highest BCUT2D eigenvalue weighted by Gasteiger charge is 2.13. The van der Waals surface area contributed by atoms with Gasteiger partial charge in [0, 0.05) is 14.1 Å². The van der Waals surface area contributed by atoms with Crippen LogP contribution in [0.1, 0.15) is 15.9 Å². The molecule has 3 heteroatoms. The number of phenols is 1. The van der Waals surface area contributed by atoms with E-state index >= 15 is 0 Å². The first kappa shape index (κ1) is 9.58. The monoisotopic (exact) mass is 179 g/mol. The number of rotatable bonds is 1. The zero-order valence-electron chi connectivity index (χ0n) is 8.03. The normalized spacial score (nSPS) is 9.77. The summed E-state index contributed by atoms with van der Waals surface area (Å²) in [6.07, 6.45) is 0. The number of hydrogen-bond donors (Lipinski definition) is 1. The van der Waals surface area contributed by atoms with Crippen LogP contribution in [-0.4, -0.2) is 30.0 Å². The van der Waals surface area contributed by atoms with Crippen LogP contribution < -0.4 is 0 Å². The lowest BCUT2D eigenvalue weighted by Gasteiger charge is -2.12. The molecule has 70 valence electrons. The Bertz CT molecular complexity index is 332. The second kappa shape index (κ2) is 3.47. The molecule has 1 aromatic carbocycles. The Balaban J connectivity index is 3.15. The highest BCUT2D eigenvalue weighted by Crippen LogP contribution is 2.21. The topological polar surface area (TPSA) is 40.5 Å². The number of hydrogen-bond acceptors (Lipinski definition) is 2. The molecule has 3 nitrogen and oxygen atoms in total. The van der Waals surface area contributed by atoms with Crippen LogP contribution >= 0.6 is 0 Å². The molecule has 0 unspecified atom stereocenters. The molecule has 0 aliphatic carbocycles. The number of carbonyl (C=O) groups excluding carboxylic acids is 1. The predicted molar refractivity (Wildman–Crippen MR) is 50.9 cm³/mol. The molecule has 0 radical (unpaired) electrons. The Morgan fingerprint density at radius 1 is 1.38 bits per heavy atom. The molecular formula is C10H13NO2. The van der Waals surface area contributed by atoms with Crippen molar-refractivity contribution in [3.05, 3.63) is 29.3 Å². The van der Waals surface area contributed by atoms with Gasteiger partial charge < -0.3 is 10.0 Å². The van der Waals surface area contributed by atoms with Crippen molar-refractivity contribution < 1.29 is 9.90 Å². The molecular weight excluding hydrogens is 166 g/mol. The van der Waals surface area contributed by atoms with Crippen molar-refractivity contribution in [1.29, 1.82) is 0 Å². The summed E-state index contributed by atoms with van der Waals surface area (Å²) in [6, 6.07) is 5.14. The Morgan fingerprint density at radius 3 is 2.54 bits per heavy atom. The van der Waals surface area contributed by atoms with E-state index in [0.29, 0.717) is 11.1 Å². The molecule has 0 bridgehead atoms. The van der Waals surface area contributed by atoms with Gasteiger partial charge in [-0.15, -0.1) is 0 Å². The van der Waals surface area contributed by atoms with Crippen molar-refractivity contribution >= 4 is 5.91 Å². The molecule has 1 rings (SSSR count). The number of aromatic hydroxyl groups is 1. The van der Waals surface area contributed by atoms with E-state index in [2.05, 4.69) is 0 Å². The maximum absolute atomic E-state index is 11.5. The summed E-state index contributed by atoms with van der Waals surface area (Å²) >= 11 is 0. The highest BCUT2D eigenvalue weighted by atomic mass is 16.3. The molecule has 1 N–H and O–H groups in total. The van der Waals surface area contributed by atoms with Crippen LogP contribution in [0, 0.1) is 6.92 Å². The Kier molecular flexibility index (Phi) is 2.56. The van der Waals surface area contributed by atoms with Crippen molar-refractivity contribution in [2.75, 3.05) is 14.1 Å². The summed E-state index contributed by atoms with van der Waals surface area (Å²) in [7, 11) is 3.31. The summed E-state index contributed by atoms with van der Waals surface area (Å²) in [5.41, 5.74) is 1.07. The van der Waals surface area contributed by atoms with E-state index in [1.54, 1.807) is 39.2 Å². The van der Waals surface area contributed by atoms with Crippen molar-refractivity contribution in [3.8, 4) is 5.75 Å². The SMILES string of the molecule is Cc1cccc(C(=O)N(C)C)c1O. The van der Waals surface area contributed by atoms with Crippen LogP contribution in [0.3, 0.4) is 0 Å². The molecule has 13 heavy (non-hydrogen) atoms. The van der Waals surface area contributed by atoms with Crippen LogP contribution in [0.25, 0.3) is 0 Å². The molecule has 0 aliphatic heterocycles. The van der Waals surface area contributed by atoms with E-state index in [-0.39, 0.29) is 11.7 Å². The molecule has 0 saturated carbocycles. The third-order valence-corrected chi connectivity index (χ3v) is 1.87. The summed E-state index contributed by atoms with van der Waals surface area (Å²) in [6.45, 7) is 1.77. The van der Waals surface area contributed by atoms with Crippen LogP contribution in [0.15, 0.2) is 18.2 Å². The third kappa shape index (κ3) is 1.80. The van der Waals surface area contributed by atoms with Gasteiger partial charge in [0.05, 0.1) is 5.56 Å². The van der Waals surface area contributed by atoms with Crippen molar-refractivity contribution in [1.82, 2.24) is 4.90 Å². The second-order valence-corrected chi connectivity index (χ2v) is 3.17. The van der Waals surface area contributed by atoms with Crippen molar-refractivity contribution in [2.45, 2.75) is 6.92 Å². The van der Waals surface area contributed by atoms with Gasteiger partial charge in [-0.25, -0.2) is 0 Å². The van der Waals surface area contributed by atoms with Crippen LogP contribution in [0.4, 0.5) is 0 Å². The van der Waals surface area contributed by atoms with Gasteiger partial charge in [0.2, 0.25) is 0 Å². The maximum Gasteiger partial charge on any atom is 0.257 e. The zero-order chi connectivity index (χ0) is 10.0.